The molecule has 1 aliphatic heterocycles. The quantitative estimate of drug-likeness (QED) is 0.407. The van der Waals surface area contributed by atoms with Gasteiger partial charge in [0.05, 0.1) is 12.1 Å². The molecule has 1 fully saturated rings. The fourth-order valence-corrected chi connectivity index (χ4v) is 5.18. The van der Waals surface area contributed by atoms with Gasteiger partial charge < -0.3 is 26.4 Å². The van der Waals surface area contributed by atoms with Crippen molar-refractivity contribution in [2.75, 3.05) is 25.9 Å². The highest BCUT2D eigenvalue weighted by molar-refractivity contribution is 7.10. The van der Waals surface area contributed by atoms with Crippen LogP contribution in [0.15, 0.2) is 60.0 Å². The fraction of sp³-hybridized carbons (Fsp3) is 0.370. The summed E-state index contributed by atoms with van der Waals surface area (Å²) in [7, 11) is 2.14. The molecule has 1 aliphatic rings. The van der Waals surface area contributed by atoms with Crippen LogP contribution in [-0.2, 0) is 0 Å². The molecule has 0 spiro atoms. The Balaban J connectivity index is 1.45. The fourth-order valence-electron chi connectivity index (χ4n) is 4.32. The van der Waals surface area contributed by atoms with Crippen LogP contribution in [-0.4, -0.2) is 37.0 Å². The number of amides is 1. The first-order valence-corrected chi connectivity index (χ1v) is 12.8. The lowest BCUT2D eigenvalue weighted by molar-refractivity contribution is 0.0936. The second kappa shape index (κ2) is 11.0. The molecule has 2 heterocycles. The number of hydrogen-bond acceptors (Lipinski definition) is 6. The van der Waals surface area contributed by atoms with Gasteiger partial charge in [-0.3, -0.25) is 4.79 Å². The van der Waals surface area contributed by atoms with Crippen molar-refractivity contribution >= 4 is 22.9 Å². The highest BCUT2D eigenvalue weighted by Gasteiger charge is 2.20. The number of hydrogen-bond donors (Lipinski definition) is 3. The van der Waals surface area contributed by atoms with E-state index in [1.54, 1.807) is 29.5 Å². The van der Waals surface area contributed by atoms with Gasteiger partial charge >= 0.3 is 0 Å². The Kier molecular flexibility index (Phi) is 7.88. The van der Waals surface area contributed by atoms with Gasteiger partial charge in [0.25, 0.3) is 5.91 Å². The summed E-state index contributed by atoms with van der Waals surface area (Å²) in [6.45, 7) is 4.18. The number of nitrogens with two attached hydrogens (primary N) is 2. The van der Waals surface area contributed by atoms with Crippen LogP contribution in [0.1, 0.15) is 64.6 Å². The first kappa shape index (κ1) is 24.3. The van der Waals surface area contributed by atoms with Crippen molar-refractivity contribution in [2.45, 2.75) is 44.4 Å². The Hall–Kier alpha value is -2.87. The first-order valence-electron chi connectivity index (χ1n) is 11.9. The van der Waals surface area contributed by atoms with Gasteiger partial charge in [0.15, 0.2) is 0 Å². The number of anilines is 1. The number of carbonyl (C=O) groups excluding carboxylic acids is 1. The molecule has 34 heavy (non-hydrogen) atoms. The van der Waals surface area contributed by atoms with Crippen molar-refractivity contribution in [1.82, 2.24) is 10.2 Å². The van der Waals surface area contributed by atoms with Gasteiger partial charge in [-0.05, 0) is 79.2 Å². The lowest BCUT2D eigenvalue weighted by Gasteiger charge is -2.29. The summed E-state index contributed by atoms with van der Waals surface area (Å²) < 4.78 is 6.15. The predicted molar refractivity (Wildman–Crippen MR) is 139 cm³/mol. The molecule has 1 amide bonds. The Bertz CT molecular complexity index is 1080. The summed E-state index contributed by atoms with van der Waals surface area (Å²) >= 11 is 1.65. The third-order valence-electron chi connectivity index (χ3n) is 6.49. The molecule has 2 unspecified atom stereocenters. The van der Waals surface area contributed by atoms with E-state index in [1.165, 1.54) is 0 Å². The second-order valence-corrected chi connectivity index (χ2v) is 9.94. The van der Waals surface area contributed by atoms with Crippen LogP contribution < -0.4 is 21.5 Å². The van der Waals surface area contributed by atoms with Crippen molar-refractivity contribution < 1.29 is 9.53 Å². The van der Waals surface area contributed by atoms with Crippen LogP contribution in [0.5, 0.6) is 5.75 Å². The van der Waals surface area contributed by atoms with Crippen molar-refractivity contribution in [1.29, 1.82) is 0 Å². The summed E-state index contributed by atoms with van der Waals surface area (Å²) in [6.07, 6.45) is 3.14. The minimum absolute atomic E-state index is 0.0146. The third kappa shape index (κ3) is 5.78. The number of nitrogen functional groups attached to an aromatic ring is 1. The van der Waals surface area contributed by atoms with E-state index >= 15 is 0 Å². The molecule has 2 aromatic carbocycles. The summed E-state index contributed by atoms with van der Waals surface area (Å²) in [5, 5.41) is 5.15. The smallest absolute Gasteiger partial charge is 0.251 e. The predicted octanol–water partition coefficient (Wildman–Crippen LogP) is 4.73. The summed E-state index contributed by atoms with van der Waals surface area (Å²) in [5.74, 6) is 0.723. The van der Waals surface area contributed by atoms with E-state index in [0.29, 0.717) is 11.3 Å². The first-order chi connectivity index (χ1) is 16.4. The van der Waals surface area contributed by atoms with E-state index < -0.39 is 6.04 Å². The maximum Gasteiger partial charge on any atom is 0.251 e. The van der Waals surface area contributed by atoms with Crippen molar-refractivity contribution in [3.05, 3.63) is 81.5 Å². The van der Waals surface area contributed by atoms with Crippen LogP contribution in [0.3, 0.4) is 0 Å². The Morgan fingerprint density at radius 1 is 1.18 bits per heavy atom. The maximum atomic E-state index is 13.0. The van der Waals surface area contributed by atoms with Gasteiger partial charge in [0, 0.05) is 29.2 Å². The summed E-state index contributed by atoms with van der Waals surface area (Å²) in [6, 6.07) is 16.8. The largest absolute Gasteiger partial charge is 0.490 e. The number of nitrogens with zero attached hydrogens (tertiary/aromatic N) is 1. The topological polar surface area (TPSA) is 93.6 Å². The minimum atomic E-state index is -0.440. The summed E-state index contributed by atoms with van der Waals surface area (Å²) in [5.41, 5.74) is 15.6. The molecule has 6 nitrogen and oxygen atoms in total. The zero-order chi connectivity index (χ0) is 24.1. The number of carbonyl (C=O) groups is 1. The number of rotatable bonds is 8. The molecule has 0 radical (unpaired) electrons. The number of thiophene rings is 1. The average Bonchev–Trinajstić information content (AvgIpc) is 3.39. The molecule has 180 valence electrons. The van der Waals surface area contributed by atoms with Crippen LogP contribution in [0.2, 0.25) is 0 Å². The molecule has 0 saturated carbocycles. The van der Waals surface area contributed by atoms with E-state index in [2.05, 4.69) is 24.2 Å². The van der Waals surface area contributed by atoms with Crippen LogP contribution in [0.4, 0.5) is 5.69 Å². The molecule has 5 N–H and O–H groups in total. The van der Waals surface area contributed by atoms with Crippen molar-refractivity contribution in [2.24, 2.45) is 5.73 Å². The van der Waals surface area contributed by atoms with Crippen LogP contribution in [0.25, 0.3) is 0 Å². The lowest BCUT2D eigenvalue weighted by atomic mass is 9.96. The molecule has 0 bridgehead atoms. The van der Waals surface area contributed by atoms with Crippen LogP contribution in [0, 0.1) is 0 Å². The lowest BCUT2D eigenvalue weighted by Crippen LogP contribution is -2.35. The number of benzene rings is 2. The number of likely N-dealkylation sites (tertiary alicyclic amines) is 1. The van der Waals surface area contributed by atoms with Gasteiger partial charge in [0.1, 0.15) is 11.9 Å². The molecule has 3 aromatic rings. The highest BCUT2D eigenvalue weighted by atomic mass is 32.1. The summed E-state index contributed by atoms with van der Waals surface area (Å²) in [4.78, 5) is 16.4. The molecule has 2 atom stereocenters. The SMILES string of the molecule is CCC(NC(=O)c1ccc(N)c(C(N)c2ccc(OC3CCN(C)CC3)cc2)c1)c1cccs1. The maximum absolute atomic E-state index is 13.0. The Labute approximate surface area is 205 Å². The van der Waals surface area contributed by atoms with Gasteiger partial charge in [-0.25, -0.2) is 0 Å². The normalized spacial score (nSPS) is 16.7. The van der Waals surface area contributed by atoms with E-state index in [9.17, 15) is 4.79 Å². The van der Waals surface area contributed by atoms with Gasteiger partial charge in [-0.1, -0.05) is 25.1 Å². The zero-order valence-corrected chi connectivity index (χ0v) is 20.7. The van der Waals surface area contributed by atoms with E-state index in [-0.39, 0.29) is 18.1 Å². The number of nitrogens with one attached hydrogen (secondary N) is 1. The monoisotopic (exact) mass is 478 g/mol. The molecule has 1 aromatic heterocycles. The van der Waals surface area contributed by atoms with E-state index in [4.69, 9.17) is 16.2 Å². The molecular weight excluding hydrogens is 444 g/mol. The van der Waals surface area contributed by atoms with Gasteiger partial charge in [-0.15, -0.1) is 11.3 Å². The molecular formula is C27H34N4O2S. The third-order valence-corrected chi connectivity index (χ3v) is 7.48. The zero-order valence-electron chi connectivity index (χ0n) is 19.9. The van der Waals surface area contributed by atoms with E-state index in [0.717, 1.165) is 54.1 Å². The Morgan fingerprint density at radius 3 is 2.56 bits per heavy atom. The van der Waals surface area contributed by atoms with Crippen LogP contribution >= 0.6 is 11.3 Å². The molecule has 7 heteroatoms. The molecule has 4 rings (SSSR count). The second-order valence-electron chi connectivity index (χ2n) is 8.96. The van der Waals surface area contributed by atoms with E-state index in [1.807, 2.05) is 41.8 Å². The minimum Gasteiger partial charge on any atom is -0.490 e. The van der Waals surface area contributed by atoms with Crippen molar-refractivity contribution in [3.8, 4) is 5.75 Å². The average molecular weight is 479 g/mol. The Morgan fingerprint density at radius 2 is 1.91 bits per heavy atom. The highest BCUT2D eigenvalue weighted by Crippen LogP contribution is 2.29. The van der Waals surface area contributed by atoms with Gasteiger partial charge in [-0.2, -0.15) is 0 Å². The number of ether oxygens (including phenoxy) is 1. The van der Waals surface area contributed by atoms with Gasteiger partial charge in [0.2, 0.25) is 0 Å². The molecule has 1 saturated heterocycles. The van der Waals surface area contributed by atoms with Crippen molar-refractivity contribution in [3.63, 3.8) is 0 Å². The standard InChI is InChI=1S/C27H34N4O2S/c1-3-24(25-5-4-16-34-25)30-27(32)19-8-11-23(28)22(17-19)26(29)18-6-9-20(10-7-18)33-21-12-14-31(2)15-13-21/h4-11,16-17,21,24,26H,3,12-15,28-29H2,1-2H3,(H,30,32). The number of piperidine rings is 1. The molecule has 0 aliphatic carbocycles.